The van der Waals surface area contributed by atoms with Gasteiger partial charge in [-0.1, -0.05) is 11.6 Å². The maximum Gasteiger partial charge on any atom is 0.252 e. The Kier molecular flexibility index (Phi) is 5.52. The van der Waals surface area contributed by atoms with Gasteiger partial charge in [0, 0.05) is 31.5 Å². The molecule has 1 aliphatic heterocycles. The number of aliphatic hydroxyl groups is 2. The number of aromatic nitrogens is 5. The van der Waals surface area contributed by atoms with Crippen LogP contribution in [0.2, 0.25) is 5.02 Å². The summed E-state index contributed by atoms with van der Waals surface area (Å²) in [4.78, 5) is 29.5. The molecule has 158 valence electrons. The molecular formula is C18H20ClN7O4. The zero-order chi connectivity index (χ0) is 21.4. The summed E-state index contributed by atoms with van der Waals surface area (Å²) in [6.45, 7) is 2.12. The summed E-state index contributed by atoms with van der Waals surface area (Å²) in [6.07, 6.45) is -0.560. The molecule has 4 rings (SSSR count). The quantitative estimate of drug-likeness (QED) is 0.447. The molecule has 0 spiro atoms. The topological polar surface area (TPSA) is 147 Å². The van der Waals surface area contributed by atoms with E-state index in [9.17, 15) is 15.0 Å². The Balaban J connectivity index is 1.78. The van der Waals surface area contributed by atoms with E-state index in [1.54, 1.807) is 26.2 Å². The summed E-state index contributed by atoms with van der Waals surface area (Å²) < 4.78 is 7.15. The highest BCUT2D eigenvalue weighted by atomic mass is 35.5. The lowest BCUT2D eigenvalue weighted by atomic mass is 10.1. The number of imidazole rings is 1. The van der Waals surface area contributed by atoms with Gasteiger partial charge in [0.05, 0.1) is 11.3 Å². The number of carbonyl (C=O) groups excluding carboxylic acids is 1. The lowest BCUT2D eigenvalue weighted by Crippen LogP contribution is -2.42. The lowest BCUT2D eigenvalue weighted by molar-refractivity contribution is -0.137. The molecule has 12 heteroatoms. The number of amides is 1. The predicted octanol–water partition coefficient (Wildman–Crippen LogP) is 0.339. The van der Waals surface area contributed by atoms with Gasteiger partial charge in [0.2, 0.25) is 0 Å². The summed E-state index contributed by atoms with van der Waals surface area (Å²) in [6, 6.07) is 1.67. The third-order valence-electron chi connectivity index (χ3n) is 4.74. The maximum atomic E-state index is 12.2. The summed E-state index contributed by atoms with van der Waals surface area (Å²) in [5, 5.41) is 26.8. The van der Waals surface area contributed by atoms with E-state index in [-0.39, 0.29) is 0 Å². The van der Waals surface area contributed by atoms with Crippen molar-refractivity contribution in [3.63, 3.8) is 0 Å². The first-order valence-corrected chi connectivity index (χ1v) is 9.65. The molecule has 3 aromatic heterocycles. The number of hydrogen-bond donors (Lipinski definition) is 4. The molecule has 4 N–H and O–H groups in total. The number of aliphatic hydroxyl groups excluding tert-OH is 2. The molecule has 0 radical (unpaired) electrons. The van der Waals surface area contributed by atoms with Crippen LogP contribution in [0.25, 0.3) is 22.6 Å². The molecular weight excluding hydrogens is 414 g/mol. The number of fused-ring (bicyclic) bond motifs is 1. The van der Waals surface area contributed by atoms with Gasteiger partial charge in [-0.2, -0.15) is 0 Å². The van der Waals surface area contributed by atoms with Crippen molar-refractivity contribution < 1.29 is 19.7 Å². The van der Waals surface area contributed by atoms with Crippen molar-refractivity contribution >= 4 is 34.5 Å². The molecule has 0 aromatic carbocycles. The number of carbonyl (C=O) groups is 1. The Morgan fingerprint density at radius 1 is 1.30 bits per heavy atom. The Bertz CT molecular complexity index is 1090. The van der Waals surface area contributed by atoms with E-state index in [0.717, 1.165) is 0 Å². The fraction of sp³-hybridized carbons (Fsp3) is 0.389. The predicted molar refractivity (Wildman–Crippen MR) is 108 cm³/mol. The molecule has 3 aromatic rings. The Morgan fingerprint density at radius 3 is 2.80 bits per heavy atom. The van der Waals surface area contributed by atoms with Gasteiger partial charge in [0.15, 0.2) is 35.1 Å². The van der Waals surface area contributed by atoms with E-state index in [0.29, 0.717) is 39.9 Å². The highest BCUT2D eigenvalue weighted by molar-refractivity contribution is 6.30. The van der Waals surface area contributed by atoms with Crippen molar-refractivity contribution in [3.8, 4) is 11.4 Å². The molecule has 1 aliphatic rings. The van der Waals surface area contributed by atoms with Crippen LogP contribution < -0.4 is 10.6 Å². The van der Waals surface area contributed by atoms with Crippen LogP contribution in [0.3, 0.4) is 0 Å². The highest BCUT2D eigenvalue weighted by Crippen LogP contribution is 2.33. The van der Waals surface area contributed by atoms with Gasteiger partial charge in [-0.3, -0.25) is 14.3 Å². The Hall–Kier alpha value is -2.86. The van der Waals surface area contributed by atoms with E-state index in [1.807, 2.05) is 0 Å². The second-order valence-electron chi connectivity index (χ2n) is 6.68. The molecule has 4 heterocycles. The van der Waals surface area contributed by atoms with Gasteiger partial charge in [-0.15, -0.1) is 0 Å². The number of likely N-dealkylation sites (N-methyl/N-ethyl adjacent to an activating group) is 1. The number of ether oxygens (including phenoxy) is 1. The summed E-state index contributed by atoms with van der Waals surface area (Å²) in [7, 11) is 1.69. The van der Waals surface area contributed by atoms with Crippen molar-refractivity contribution in [1.29, 1.82) is 0 Å². The van der Waals surface area contributed by atoms with Gasteiger partial charge < -0.3 is 25.6 Å². The van der Waals surface area contributed by atoms with Crippen LogP contribution in [0.15, 0.2) is 24.8 Å². The Labute approximate surface area is 176 Å². The number of nitrogens with one attached hydrogen (secondary N) is 2. The van der Waals surface area contributed by atoms with Gasteiger partial charge in [0.25, 0.3) is 5.91 Å². The largest absolute Gasteiger partial charge is 0.387 e. The SMILES string of the molecule is CCNC(=O)[C@H]1O[C@@H](n2cnc3c(NC)nc(-c4cncc(Cl)c4)nc32)[C@H](O)[C@@H]1O. The standard InChI is InChI=1S/C18H20ClN7O4/c1-3-22-17(29)13-11(27)12(28)18(30-13)26-7-23-10-15(20-2)24-14(25-16(10)26)8-4-9(19)6-21-5-8/h4-7,11-13,18,27-28H,3H2,1-2H3,(H,22,29)(H,20,24,25)/t11-,12+,13-,18+/m0/s1. The van der Waals surface area contributed by atoms with Crippen LogP contribution in [-0.4, -0.2) is 72.5 Å². The molecule has 30 heavy (non-hydrogen) atoms. The molecule has 1 saturated heterocycles. The number of nitrogens with zero attached hydrogens (tertiary/aromatic N) is 5. The first kappa shape index (κ1) is 20.4. The van der Waals surface area contributed by atoms with Gasteiger partial charge in [-0.25, -0.2) is 15.0 Å². The van der Waals surface area contributed by atoms with E-state index >= 15 is 0 Å². The van der Waals surface area contributed by atoms with Crippen LogP contribution in [-0.2, 0) is 9.53 Å². The maximum absolute atomic E-state index is 12.2. The van der Waals surface area contributed by atoms with E-state index in [1.165, 1.54) is 17.1 Å². The van der Waals surface area contributed by atoms with Crippen molar-refractivity contribution in [1.82, 2.24) is 29.8 Å². The van der Waals surface area contributed by atoms with Crippen molar-refractivity contribution in [3.05, 3.63) is 29.8 Å². The fourth-order valence-corrected chi connectivity index (χ4v) is 3.50. The normalized spacial score (nSPS) is 23.6. The molecule has 0 saturated carbocycles. The number of rotatable bonds is 5. The number of pyridine rings is 1. The monoisotopic (exact) mass is 433 g/mol. The van der Waals surface area contributed by atoms with Gasteiger partial charge >= 0.3 is 0 Å². The van der Waals surface area contributed by atoms with Crippen LogP contribution in [0, 0.1) is 0 Å². The van der Waals surface area contributed by atoms with Crippen molar-refractivity contribution in [2.75, 3.05) is 18.9 Å². The van der Waals surface area contributed by atoms with Gasteiger partial charge in [-0.05, 0) is 13.0 Å². The zero-order valence-electron chi connectivity index (χ0n) is 16.2. The third kappa shape index (κ3) is 3.45. The van der Waals surface area contributed by atoms with E-state index in [2.05, 4.69) is 30.6 Å². The Morgan fingerprint density at radius 2 is 2.10 bits per heavy atom. The average molecular weight is 434 g/mol. The molecule has 0 bridgehead atoms. The molecule has 1 amide bonds. The minimum atomic E-state index is -1.40. The average Bonchev–Trinajstić information content (AvgIpc) is 3.29. The smallest absolute Gasteiger partial charge is 0.252 e. The van der Waals surface area contributed by atoms with Crippen LogP contribution >= 0.6 is 11.6 Å². The molecule has 1 fully saturated rings. The zero-order valence-corrected chi connectivity index (χ0v) is 16.9. The molecule has 0 aliphatic carbocycles. The van der Waals surface area contributed by atoms with Crippen molar-refractivity contribution in [2.24, 2.45) is 0 Å². The lowest BCUT2D eigenvalue weighted by Gasteiger charge is -2.17. The van der Waals surface area contributed by atoms with Crippen LogP contribution in [0.1, 0.15) is 13.2 Å². The molecule has 0 unspecified atom stereocenters. The number of hydrogen-bond acceptors (Lipinski definition) is 9. The van der Waals surface area contributed by atoms with Gasteiger partial charge in [0.1, 0.15) is 12.2 Å². The van der Waals surface area contributed by atoms with Crippen LogP contribution in [0.4, 0.5) is 5.82 Å². The number of halogens is 1. The first-order valence-electron chi connectivity index (χ1n) is 9.27. The van der Waals surface area contributed by atoms with Crippen molar-refractivity contribution in [2.45, 2.75) is 31.5 Å². The summed E-state index contributed by atoms with van der Waals surface area (Å²) >= 11 is 6.04. The first-order chi connectivity index (χ1) is 14.4. The second kappa shape index (κ2) is 8.11. The minimum absolute atomic E-state index is 0.330. The molecule has 4 atom stereocenters. The fourth-order valence-electron chi connectivity index (χ4n) is 3.32. The highest BCUT2D eigenvalue weighted by Gasteiger charge is 2.47. The minimum Gasteiger partial charge on any atom is -0.387 e. The summed E-state index contributed by atoms with van der Waals surface area (Å²) in [5.74, 6) is 0.270. The summed E-state index contributed by atoms with van der Waals surface area (Å²) in [5.41, 5.74) is 1.36. The van der Waals surface area contributed by atoms with E-state index < -0.39 is 30.4 Å². The van der Waals surface area contributed by atoms with E-state index in [4.69, 9.17) is 16.3 Å². The molecule has 11 nitrogen and oxygen atoms in total. The van der Waals surface area contributed by atoms with Crippen LogP contribution in [0.5, 0.6) is 0 Å². The number of anilines is 1. The third-order valence-corrected chi connectivity index (χ3v) is 4.95. The second-order valence-corrected chi connectivity index (χ2v) is 7.12.